The van der Waals surface area contributed by atoms with E-state index in [1.54, 1.807) is 0 Å². The van der Waals surface area contributed by atoms with Gasteiger partial charge in [-0.25, -0.2) is 0 Å². The number of rotatable bonds is 7. The van der Waals surface area contributed by atoms with Crippen molar-refractivity contribution in [2.45, 2.75) is 25.8 Å². The van der Waals surface area contributed by atoms with Crippen LogP contribution in [0.1, 0.15) is 24.1 Å². The molecule has 0 spiro atoms. The lowest BCUT2D eigenvalue weighted by molar-refractivity contribution is 0.399. The van der Waals surface area contributed by atoms with Gasteiger partial charge in [-0.2, -0.15) is 0 Å². The highest BCUT2D eigenvalue weighted by Gasteiger charge is 2.21. The molecule has 1 aromatic heterocycles. The van der Waals surface area contributed by atoms with E-state index in [4.69, 9.17) is 0 Å². The molecule has 0 aromatic carbocycles. The second-order valence-electron chi connectivity index (χ2n) is 5.28. The summed E-state index contributed by atoms with van der Waals surface area (Å²) in [6, 6.07) is 4.41. The van der Waals surface area contributed by atoms with Crippen LogP contribution in [0.2, 0.25) is 0 Å². The van der Waals surface area contributed by atoms with Crippen molar-refractivity contribution >= 4 is 0 Å². The van der Waals surface area contributed by atoms with Gasteiger partial charge in [0.15, 0.2) is 0 Å². The number of likely N-dealkylation sites (N-methyl/N-ethyl adjacent to an activating group) is 1. The van der Waals surface area contributed by atoms with Crippen LogP contribution in [0, 0.1) is 5.92 Å². The maximum Gasteiger partial charge on any atom is 0.0544 e. The van der Waals surface area contributed by atoms with Crippen LogP contribution in [0.3, 0.4) is 0 Å². The molecule has 1 aromatic rings. The van der Waals surface area contributed by atoms with Gasteiger partial charge in [0.25, 0.3) is 0 Å². The predicted molar refractivity (Wildman–Crippen MR) is 70.9 cm³/mol. The van der Waals surface area contributed by atoms with Gasteiger partial charge in [-0.05, 0) is 57.0 Å². The van der Waals surface area contributed by atoms with Gasteiger partial charge in [0, 0.05) is 25.8 Å². The van der Waals surface area contributed by atoms with Crippen molar-refractivity contribution in [3.63, 3.8) is 0 Å². The Kier molecular flexibility index (Phi) is 4.51. The van der Waals surface area contributed by atoms with Crippen LogP contribution >= 0.6 is 0 Å². The van der Waals surface area contributed by atoms with E-state index < -0.39 is 0 Å². The van der Waals surface area contributed by atoms with Crippen molar-refractivity contribution in [1.82, 2.24) is 15.2 Å². The van der Waals surface area contributed by atoms with Crippen LogP contribution in [0.4, 0.5) is 0 Å². The maximum absolute atomic E-state index is 4.41. The van der Waals surface area contributed by atoms with Crippen LogP contribution in [-0.4, -0.2) is 37.1 Å². The lowest BCUT2D eigenvalue weighted by Crippen LogP contribution is -2.26. The van der Waals surface area contributed by atoms with Crippen LogP contribution in [-0.2, 0) is 13.0 Å². The molecule has 94 valence electrons. The lowest BCUT2D eigenvalue weighted by atomic mass is 10.1. The summed E-state index contributed by atoms with van der Waals surface area (Å²) >= 11 is 0. The number of nitrogens with zero attached hydrogens (tertiary/aromatic N) is 2. The molecule has 0 amide bonds. The molecule has 3 heteroatoms. The Hall–Kier alpha value is -0.930. The summed E-state index contributed by atoms with van der Waals surface area (Å²) < 4.78 is 0. The fourth-order valence-electron chi connectivity index (χ4n) is 1.93. The summed E-state index contributed by atoms with van der Waals surface area (Å²) in [4.78, 5) is 6.59. The van der Waals surface area contributed by atoms with Gasteiger partial charge in [0.1, 0.15) is 0 Å². The summed E-state index contributed by atoms with van der Waals surface area (Å²) in [5.74, 6) is 0.951. The molecule has 17 heavy (non-hydrogen) atoms. The molecular formula is C14H23N3. The Morgan fingerprint density at radius 2 is 2.24 bits per heavy atom. The van der Waals surface area contributed by atoms with E-state index in [0.29, 0.717) is 0 Å². The normalized spacial score (nSPS) is 15.5. The van der Waals surface area contributed by atoms with Gasteiger partial charge in [0.2, 0.25) is 0 Å². The van der Waals surface area contributed by atoms with Crippen molar-refractivity contribution in [3.05, 3.63) is 29.6 Å². The Labute approximate surface area is 104 Å². The summed E-state index contributed by atoms with van der Waals surface area (Å²) in [7, 11) is 4.19. The third-order valence-electron chi connectivity index (χ3n) is 3.14. The molecule has 1 fully saturated rings. The Bertz CT molecular complexity index is 345. The average Bonchev–Trinajstić information content (AvgIpc) is 3.09. The highest BCUT2D eigenvalue weighted by atomic mass is 15.1. The van der Waals surface area contributed by atoms with E-state index in [0.717, 1.165) is 25.6 Å². The van der Waals surface area contributed by atoms with Gasteiger partial charge in [-0.3, -0.25) is 4.98 Å². The van der Waals surface area contributed by atoms with Crippen LogP contribution in [0.25, 0.3) is 0 Å². The Morgan fingerprint density at radius 3 is 2.94 bits per heavy atom. The Balaban J connectivity index is 1.75. The molecule has 1 aliphatic carbocycles. The predicted octanol–water partition coefficient (Wildman–Crippen LogP) is 1.69. The zero-order chi connectivity index (χ0) is 12.1. The zero-order valence-electron chi connectivity index (χ0n) is 10.9. The van der Waals surface area contributed by atoms with Crippen molar-refractivity contribution in [3.8, 4) is 0 Å². The summed E-state index contributed by atoms with van der Waals surface area (Å²) in [5, 5.41) is 3.43. The van der Waals surface area contributed by atoms with Gasteiger partial charge in [-0.1, -0.05) is 0 Å². The van der Waals surface area contributed by atoms with Gasteiger partial charge in [0.05, 0.1) is 5.69 Å². The fraction of sp³-hybridized carbons (Fsp3) is 0.643. The summed E-state index contributed by atoms with van der Waals surface area (Å²) in [6.45, 7) is 2.97. The first-order chi connectivity index (χ1) is 8.24. The molecule has 1 saturated carbocycles. The van der Waals surface area contributed by atoms with Crippen molar-refractivity contribution in [2.24, 2.45) is 5.92 Å². The minimum atomic E-state index is 0.881. The van der Waals surface area contributed by atoms with Crippen molar-refractivity contribution < 1.29 is 0 Å². The first kappa shape index (κ1) is 12.5. The number of pyridine rings is 1. The standard InChI is InChI=1S/C14H23N3/c1-17(2)8-7-15-11-14-10-13(5-6-16-14)9-12-3-4-12/h5-6,10,12,15H,3-4,7-9,11H2,1-2H3. The van der Waals surface area contributed by atoms with E-state index in [9.17, 15) is 0 Å². The first-order valence-corrected chi connectivity index (χ1v) is 6.53. The number of hydrogen-bond acceptors (Lipinski definition) is 3. The Morgan fingerprint density at radius 1 is 1.41 bits per heavy atom. The molecule has 0 bridgehead atoms. The molecule has 1 heterocycles. The summed E-state index contributed by atoms with van der Waals surface area (Å²) in [6.07, 6.45) is 6.02. The molecule has 1 N–H and O–H groups in total. The van der Waals surface area contributed by atoms with E-state index in [1.165, 1.54) is 30.5 Å². The first-order valence-electron chi connectivity index (χ1n) is 6.53. The minimum absolute atomic E-state index is 0.881. The molecule has 0 radical (unpaired) electrons. The number of hydrogen-bond donors (Lipinski definition) is 1. The summed E-state index contributed by atoms with van der Waals surface area (Å²) in [5.41, 5.74) is 2.62. The van der Waals surface area contributed by atoms with Gasteiger partial charge >= 0.3 is 0 Å². The van der Waals surface area contributed by atoms with Gasteiger partial charge < -0.3 is 10.2 Å². The topological polar surface area (TPSA) is 28.2 Å². The van der Waals surface area contributed by atoms with E-state index >= 15 is 0 Å². The third kappa shape index (κ3) is 4.84. The van der Waals surface area contributed by atoms with Crippen LogP contribution < -0.4 is 5.32 Å². The lowest BCUT2D eigenvalue weighted by Gasteiger charge is -2.10. The second-order valence-corrected chi connectivity index (χ2v) is 5.28. The zero-order valence-corrected chi connectivity index (χ0v) is 10.9. The SMILES string of the molecule is CN(C)CCNCc1cc(CC2CC2)ccn1. The molecule has 0 saturated heterocycles. The van der Waals surface area contributed by atoms with E-state index in [-0.39, 0.29) is 0 Å². The third-order valence-corrected chi connectivity index (χ3v) is 3.14. The smallest absolute Gasteiger partial charge is 0.0544 e. The molecular weight excluding hydrogens is 210 g/mol. The minimum Gasteiger partial charge on any atom is -0.310 e. The van der Waals surface area contributed by atoms with E-state index in [2.05, 4.69) is 41.4 Å². The largest absolute Gasteiger partial charge is 0.310 e. The molecule has 2 rings (SSSR count). The monoisotopic (exact) mass is 233 g/mol. The highest BCUT2D eigenvalue weighted by Crippen LogP contribution is 2.32. The van der Waals surface area contributed by atoms with Crippen molar-refractivity contribution in [1.29, 1.82) is 0 Å². The molecule has 3 nitrogen and oxygen atoms in total. The van der Waals surface area contributed by atoms with Crippen LogP contribution in [0.15, 0.2) is 18.3 Å². The van der Waals surface area contributed by atoms with Crippen LogP contribution in [0.5, 0.6) is 0 Å². The van der Waals surface area contributed by atoms with E-state index in [1.807, 2.05) is 6.20 Å². The van der Waals surface area contributed by atoms with Crippen molar-refractivity contribution in [2.75, 3.05) is 27.2 Å². The highest BCUT2D eigenvalue weighted by molar-refractivity contribution is 5.17. The fourth-order valence-corrected chi connectivity index (χ4v) is 1.93. The molecule has 0 unspecified atom stereocenters. The molecule has 0 aliphatic heterocycles. The molecule has 0 atom stereocenters. The number of aromatic nitrogens is 1. The average molecular weight is 233 g/mol. The number of nitrogens with one attached hydrogen (secondary N) is 1. The molecule has 1 aliphatic rings. The van der Waals surface area contributed by atoms with Gasteiger partial charge in [-0.15, -0.1) is 0 Å². The maximum atomic E-state index is 4.41. The quantitative estimate of drug-likeness (QED) is 0.726. The second kappa shape index (κ2) is 6.12.